The van der Waals surface area contributed by atoms with Gasteiger partial charge in [0.15, 0.2) is 5.13 Å². The Kier molecular flexibility index (Phi) is 4.69. The minimum Gasteiger partial charge on any atom is -0.493 e. The minimum absolute atomic E-state index is 0.456. The molecule has 0 fully saturated rings. The van der Waals surface area contributed by atoms with E-state index >= 15 is 0 Å². The number of nitrogen functional groups attached to an aromatic ring is 1. The molecule has 2 rings (SSSR count). The number of thiocyanates is 1. The Hall–Kier alpha value is -1.23. The van der Waals surface area contributed by atoms with E-state index in [1.807, 2.05) is 30.5 Å². The second-order valence-electron chi connectivity index (χ2n) is 3.46. The van der Waals surface area contributed by atoms with E-state index in [1.54, 1.807) is 0 Å². The highest BCUT2D eigenvalue weighted by molar-refractivity contribution is 9.10. The molecule has 2 N–H and O–H groups in total. The molecule has 0 radical (unpaired) electrons. The van der Waals surface area contributed by atoms with Gasteiger partial charge in [0.2, 0.25) is 0 Å². The van der Waals surface area contributed by atoms with Crippen LogP contribution in [0, 0.1) is 10.7 Å². The van der Waals surface area contributed by atoms with Crippen molar-refractivity contribution in [1.29, 1.82) is 5.26 Å². The second kappa shape index (κ2) is 6.28. The summed E-state index contributed by atoms with van der Waals surface area (Å²) in [6, 6.07) is 5.70. The first-order chi connectivity index (χ1) is 9.15. The summed E-state index contributed by atoms with van der Waals surface area (Å²) in [6.45, 7) is 2.54. The molecule has 0 amide bonds. The van der Waals surface area contributed by atoms with Gasteiger partial charge in [0, 0.05) is 17.3 Å². The van der Waals surface area contributed by atoms with E-state index in [0.717, 1.165) is 37.5 Å². The number of halogens is 1. The zero-order valence-electron chi connectivity index (χ0n) is 10.0. The standard InChI is InChI=1S/C12H10BrN3OS2/c1-2-17-9-4-3-7(5-8(9)13)10-11(18-6-14)19-12(15)16-10/h3-5H,2H2,1H3,(H2,15,16). The van der Waals surface area contributed by atoms with Crippen LogP contribution in [0.3, 0.4) is 0 Å². The summed E-state index contributed by atoms with van der Waals surface area (Å²) in [7, 11) is 0. The van der Waals surface area contributed by atoms with Crippen molar-refractivity contribution < 1.29 is 4.74 Å². The Morgan fingerprint density at radius 1 is 1.58 bits per heavy atom. The van der Waals surface area contributed by atoms with Crippen molar-refractivity contribution >= 4 is 44.2 Å². The van der Waals surface area contributed by atoms with Gasteiger partial charge in [-0.15, -0.1) is 0 Å². The summed E-state index contributed by atoms with van der Waals surface area (Å²) in [5.41, 5.74) is 7.35. The van der Waals surface area contributed by atoms with Crippen LogP contribution in [0.1, 0.15) is 6.92 Å². The first-order valence-electron chi connectivity index (χ1n) is 5.40. The van der Waals surface area contributed by atoms with E-state index < -0.39 is 0 Å². The van der Waals surface area contributed by atoms with E-state index in [9.17, 15) is 0 Å². The number of nitrogens with zero attached hydrogens (tertiary/aromatic N) is 2. The highest BCUT2D eigenvalue weighted by Gasteiger charge is 2.14. The third-order valence-corrected chi connectivity index (χ3v) is 4.53. The van der Waals surface area contributed by atoms with E-state index in [1.165, 1.54) is 11.3 Å². The number of nitriles is 1. The zero-order valence-corrected chi connectivity index (χ0v) is 13.2. The Bertz CT molecular complexity index is 636. The SMILES string of the molecule is CCOc1ccc(-c2nc(N)sc2SC#N)cc1Br. The quantitative estimate of drug-likeness (QED) is 0.659. The molecule has 0 bridgehead atoms. The average molecular weight is 356 g/mol. The lowest BCUT2D eigenvalue weighted by atomic mass is 10.2. The molecule has 0 atom stereocenters. The summed E-state index contributed by atoms with van der Waals surface area (Å²) in [4.78, 5) is 4.28. The van der Waals surface area contributed by atoms with Crippen LogP contribution in [0.5, 0.6) is 5.75 Å². The number of anilines is 1. The predicted molar refractivity (Wildman–Crippen MR) is 82.3 cm³/mol. The third kappa shape index (κ3) is 3.21. The molecule has 2 aromatic rings. The number of benzene rings is 1. The van der Waals surface area contributed by atoms with Crippen LogP contribution in [0.2, 0.25) is 0 Å². The number of hydrogen-bond acceptors (Lipinski definition) is 6. The number of thioether (sulfide) groups is 1. The Morgan fingerprint density at radius 3 is 3.00 bits per heavy atom. The van der Waals surface area contributed by atoms with Gasteiger partial charge in [-0.3, -0.25) is 0 Å². The fourth-order valence-corrected chi connectivity index (χ4v) is 3.49. The van der Waals surface area contributed by atoms with Crippen LogP contribution in [0.25, 0.3) is 11.3 Å². The molecule has 0 unspecified atom stereocenters. The van der Waals surface area contributed by atoms with Gasteiger partial charge in [-0.1, -0.05) is 11.3 Å². The van der Waals surface area contributed by atoms with Gasteiger partial charge in [-0.25, -0.2) is 4.98 Å². The molecular weight excluding hydrogens is 346 g/mol. The molecule has 0 aliphatic heterocycles. The minimum atomic E-state index is 0.456. The molecule has 1 heterocycles. The van der Waals surface area contributed by atoms with Gasteiger partial charge in [0.25, 0.3) is 0 Å². The summed E-state index contributed by atoms with van der Waals surface area (Å²) in [6.07, 6.45) is 0. The Labute approximate surface area is 127 Å². The first-order valence-corrected chi connectivity index (χ1v) is 7.83. The Morgan fingerprint density at radius 2 is 2.37 bits per heavy atom. The van der Waals surface area contributed by atoms with Gasteiger partial charge < -0.3 is 10.5 Å². The third-order valence-electron chi connectivity index (χ3n) is 2.26. The summed E-state index contributed by atoms with van der Waals surface area (Å²) < 4.78 is 7.12. The number of hydrogen-bond donors (Lipinski definition) is 1. The molecule has 98 valence electrons. The van der Waals surface area contributed by atoms with Crippen molar-refractivity contribution in [3.05, 3.63) is 22.7 Å². The smallest absolute Gasteiger partial charge is 0.181 e. The molecule has 0 spiro atoms. The van der Waals surface area contributed by atoms with Crippen LogP contribution >= 0.6 is 39.0 Å². The van der Waals surface area contributed by atoms with Crippen molar-refractivity contribution in [1.82, 2.24) is 4.98 Å². The molecule has 19 heavy (non-hydrogen) atoms. The fourth-order valence-electron chi connectivity index (χ4n) is 1.54. The second-order valence-corrected chi connectivity index (χ2v) is 6.40. The summed E-state index contributed by atoms with van der Waals surface area (Å²) in [5, 5.41) is 11.3. The molecule has 7 heteroatoms. The average Bonchev–Trinajstić information content (AvgIpc) is 2.74. The van der Waals surface area contributed by atoms with Gasteiger partial charge >= 0.3 is 0 Å². The number of aromatic nitrogens is 1. The van der Waals surface area contributed by atoms with Crippen molar-refractivity contribution in [2.75, 3.05) is 12.3 Å². The van der Waals surface area contributed by atoms with Crippen molar-refractivity contribution in [3.8, 4) is 22.4 Å². The number of thiazole rings is 1. The molecule has 1 aromatic carbocycles. The molecule has 0 aliphatic rings. The van der Waals surface area contributed by atoms with Crippen LogP contribution in [0.4, 0.5) is 5.13 Å². The maximum absolute atomic E-state index is 8.79. The molecule has 0 saturated carbocycles. The topological polar surface area (TPSA) is 71.9 Å². The van der Waals surface area contributed by atoms with Crippen molar-refractivity contribution in [2.24, 2.45) is 0 Å². The highest BCUT2D eigenvalue weighted by atomic mass is 79.9. The number of ether oxygens (including phenoxy) is 1. The van der Waals surface area contributed by atoms with Gasteiger partial charge in [-0.2, -0.15) is 5.26 Å². The van der Waals surface area contributed by atoms with Crippen molar-refractivity contribution in [2.45, 2.75) is 11.1 Å². The monoisotopic (exact) mass is 355 g/mol. The lowest BCUT2D eigenvalue weighted by molar-refractivity contribution is 0.338. The fraction of sp³-hybridized carbons (Fsp3) is 0.167. The van der Waals surface area contributed by atoms with Crippen LogP contribution in [0.15, 0.2) is 26.9 Å². The maximum atomic E-state index is 8.79. The van der Waals surface area contributed by atoms with Crippen LogP contribution in [-0.2, 0) is 0 Å². The van der Waals surface area contributed by atoms with Gasteiger partial charge in [-0.05, 0) is 41.1 Å². The number of nitrogens with two attached hydrogens (primary N) is 1. The first kappa shape index (κ1) is 14.2. The van der Waals surface area contributed by atoms with Crippen LogP contribution < -0.4 is 10.5 Å². The summed E-state index contributed by atoms with van der Waals surface area (Å²) >= 11 is 5.85. The largest absolute Gasteiger partial charge is 0.493 e. The molecule has 0 saturated heterocycles. The zero-order chi connectivity index (χ0) is 13.8. The molecule has 0 aliphatic carbocycles. The van der Waals surface area contributed by atoms with E-state index in [-0.39, 0.29) is 0 Å². The molecular formula is C12H10BrN3OS2. The predicted octanol–water partition coefficient (Wildman–Crippen LogP) is 4.13. The van der Waals surface area contributed by atoms with E-state index in [0.29, 0.717) is 11.7 Å². The van der Waals surface area contributed by atoms with Crippen molar-refractivity contribution in [3.63, 3.8) is 0 Å². The lowest BCUT2D eigenvalue weighted by Crippen LogP contribution is -1.92. The maximum Gasteiger partial charge on any atom is 0.181 e. The van der Waals surface area contributed by atoms with Gasteiger partial charge in [0.1, 0.15) is 15.4 Å². The van der Waals surface area contributed by atoms with E-state index in [2.05, 4.69) is 20.9 Å². The van der Waals surface area contributed by atoms with Crippen LogP contribution in [-0.4, -0.2) is 11.6 Å². The van der Waals surface area contributed by atoms with E-state index in [4.69, 9.17) is 15.7 Å². The van der Waals surface area contributed by atoms with Gasteiger partial charge in [0.05, 0.1) is 16.8 Å². The highest BCUT2D eigenvalue weighted by Crippen LogP contribution is 2.39. The summed E-state index contributed by atoms with van der Waals surface area (Å²) in [5.74, 6) is 0.781. The molecule has 4 nitrogen and oxygen atoms in total. The normalized spacial score (nSPS) is 10.2. The molecule has 1 aromatic heterocycles. The Balaban J connectivity index is 2.42. The lowest BCUT2D eigenvalue weighted by Gasteiger charge is -2.07. The number of rotatable bonds is 4.